The van der Waals surface area contributed by atoms with Crippen molar-refractivity contribution >= 4 is 21.8 Å². The van der Waals surface area contributed by atoms with E-state index in [4.69, 9.17) is 0 Å². The molecule has 88 valence electrons. The summed E-state index contributed by atoms with van der Waals surface area (Å²) >= 11 is 3.30. The van der Waals surface area contributed by atoms with Crippen LogP contribution in [0.1, 0.15) is 16.1 Å². The molecule has 0 saturated heterocycles. The number of aryl methyl sites for hydroxylation is 1. The van der Waals surface area contributed by atoms with Gasteiger partial charge in [0.2, 0.25) is 0 Å². The van der Waals surface area contributed by atoms with Crippen LogP contribution in [-0.2, 0) is 13.6 Å². The Morgan fingerprint density at radius 1 is 1.41 bits per heavy atom. The van der Waals surface area contributed by atoms with Gasteiger partial charge in [0.25, 0.3) is 5.91 Å². The van der Waals surface area contributed by atoms with E-state index in [1.807, 2.05) is 30.3 Å². The van der Waals surface area contributed by atoms with E-state index in [9.17, 15) is 4.79 Å². The monoisotopic (exact) mass is 293 g/mol. The lowest BCUT2D eigenvalue weighted by Gasteiger charge is -2.06. The van der Waals surface area contributed by atoms with Crippen molar-refractivity contribution in [1.82, 2.24) is 15.1 Å². The van der Waals surface area contributed by atoms with Gasteiger partial charge in [-0.05, 0) is 21.5 Å². The number of amides is 1. The van der Waals surface area contributed by atoms with E-state index in [0.717, 1.165) is 5.56 Å². The minimum absolute atomic E-state index is 0.138. The Morgan fingerprint density at radius 3 is 2.71 bits per heavy atom. The third kappa shape index (κ3) is 2.74. The Hall–Kier alpha value is -1.62. The Labute approximate surface area is 108 Å². The fourth-order valence-corrected chi connectivity index (χ4v) is 2.06. The topological polar surface area (TPSA) is 46.9 Å². The van der Waals surface area contributed by atoms with Gasteiger partial charge >= 0.3 is 0 Å². The molecule has 1 heterocycles. The van der Waals surface area contributed by atoms with Crippen molar-refractivity contribution in [3.05, 3.63) is 52.3 Å². The summed E-state index contributed by atoms with van der Waals surface area (Å²) in [6.07, 6.45) is 1.61. The highest BCUT2D eigenvalue weighted by Crippen LogP contribution is 2.14. The number of hydrogen-bond donors (Lipinski definition) is 1. The largest absolute Gasteiger partial charge is 0.347 e. The first kappa shape index (κ1) is 11.9. The fourth-order valence-electron chi connectivity index (χ4n) is 1.53. The molecule has 1 aromatic carbocycles. The van der Waals surface area contributed by atoms with Gasteiger partial charge in [-0.25, -0.2) is 0 Å². The normalized spacial score (nSPS) is 10.2. The summed E-state index contributed by atoms with van der Waals surface area (Å²) in [4.78, 5) is 11.9. The highest BCUT2D eigenvalue weighted by Gasteiger charge is 2.14. The van der Waals surface area contributed by atoms with Crippen LogP contribution in [0.15, 0.2) is 41.0 Å². The molecule has 0 aliphatic carbocycles. The number of nitrogens with zero attached hydrogens (tertiary/aromatic N) is 2. The number of aromatic nitrogens is 2. The number of rotatable bonds is 3. The molecule has 0 bridgehead atoms. The molecular formula is C12H12BrN3O. The van der Waals surface area contributed by atoms with Gasteiger partial charge in [0, 0.05) is 13.6 Å². The molecule has 2 rings (SSSR count). The van der Waals surface area contributed by atoms with Crippen LogP contribution in [-0.4, -0.2) is 15.7 Å². The fraction of sp³-hybridized carbons (Fsp3) is 0.167. The van der Waals surface area contributed by atoms with Crippen LogP contribution in [0.5, 0.6) is 0 Å². The maximum Gasteiger partial charge on any atom is 0.270 e. The van der Waals surface area contributed by atoms with Crippen molar-refractivity contribution < 1.29 is 4.79 Å². The molecule has 0 aliphatic heterocycles. The van der Waals surface area contributed by atoms with Gasteiger partial charge in [-0.2, -0.15) is 5.10 Å². The Kier molecular flexibility index (Phi) is 3.58. The van der Waals surface area contributed by atoms with Crippen LogP contribution in [0.3, 0.4) is 0 Å². The van der Waals surface area contributed by atoms with E-state index in [0.29, 0.717) is 16.7 Å². The number of carbonyl (C=O) groups excluding carboxylic acids is 1. The molecule has 0 aliphatic rings. The summed E-state index contributed by atoms with van der Waals surface area (Å²) in [6.45, 7) is 0.511. The third-order valence-electron chi connectivity index (χ3n) is 2.41. The summed E-state index contributed by atoms with van der Waals surface area (Å²) in [5.74, 6) is -0.138. The van der Waals surface area contributed by atoms with Gasteiger partial charge < -0.3 is 5.32 Å². The first-order valence-corrected chi connectivity index (χ1v) is 5.97. The van der Waals surface area contributed by atoms with Crippen LogP contribution in [0.25, 0.3) is 0 Å². The van der Waals surface area contributed by atoms with E-state index >= 15 is 0 Å². The summed E-state index contributed by atoms with van der Waals surface area (Å²) < 4.78 is 2.25. The van der Waals surface area contributed by atoms with Crippen molar-refractivity contribution in [2.24, 2.45) is 7.05 Å². The quantitative estimate of drug-likeness (QED) is 0.942. The maximum atomic E-state index is 11.9. The molecule has 4 nitrogen and oxygen atoms in total. The van der Waals surface area contributed by atoms with Crippen LogP contribution in [0, 0.1) is 0 Å². The number of nitrogens with one attached hydrogen (secondary N) is 1. The maximum absolute atomic E-state index is 11.9. The number of carbonyl (C=O) groups is 1. The Bertz CT molecular complexity index is 502. The lowest BCUT2D eigenvalue weighted by Crippen LogP contribution is -2.25. The molecular weight excluding hydrogens is 282 g/mol. The molecule has 1 aromatic heterocycles. The lowest BCUT2D eigenvalue weighted by molar-refractivity contribution is 0.0940. The zero-order valence-electron chi connectivity index (χ0n) is 9.35. The summed E-state index contributed by atoms with van der Waals surface area (Å²) in [6, 6.07) is 9.78. The Balaban J connectivity index is 2.04. The molecule has 0 unspecified atom stereocenters. The molecule has 0 spiro atoms. The summed E-state index contributed by atoms with van der Waals surface area (Å²) in [5, 5.41) is 6.85. The van der Waals surface area contributed by atoms with Gasteiger partial charge in [0.05, 0.1) is 10.7 Å². The first-order valence-electron chi connectivity index (χ1n) is 5.18. The van der Waals surface area contributed by atoms with E-state index in [2.05, 4.69) is 26.3 Å². The third-order valence-corrected chi connectivity index (χ3v) is 2.99. The van der Waals surface area contributed by atoms with Crippen LogP contribution < -0.4 is 5.32 Å². The van der Waals surface area contributed by atoms with Gasteiger partial charge in [0.15, 0.2) is 0 Å². The minimum atomic E-state index is -0.138. The predicted octanol–water partition coefficient (Wildman–Crippen LogP) is 2.11. The first-order chi connectivity index (χ1) is 8.18. The van der Waals surface area contributed by atoms with E-state index in [-0.39, 0.29) is 5.91 Å². The summed E-state index contributed by atoms with van der Waals surface area (Å²) in [7, 11) is 1.74. The van der Waals surface area contributed by atoms with Gasteiger partial charge in [-0.3, -0.25) is 9.48 Å². The van der Waals surface area contributed by atoms with E-state index in [1.54, 1.807) is 17.9 Å². The second-order valence-corrected chi connectivity index (χ2v) is 4.49. The van der Waals surface area contributed by atoms with Crippen molar-refractivity contribution in [3.8, 4) is 0 Å². The van der Waals surface area contributed by atoms with Gasteiger partial charge in [0.1, 0.15) is 5.69 Å². The highest BCUT2D eigenvalue weighted by molar-refractivity contribution is 9.10. The molecule has 2 aromatic rings. The molecule has 0 saturated carbocycles. The van der Waals surface area contributed by atoms with Crippen LogP contribution >= 0.6 is 15.9 Å². The van der Waals surface area contributed by atoms with E-state index < -0.39 is 0 Å². The van der Waals surface area contributed by atoms with Crippen LogP contribution in [0.4, 0.5) is 0 Å². The van der Waals surface area contributed by atoms with Crippen LogP contribution in [0.2, 0.25) is 0 Å². The van der Waals surface area contributed by atoms with Crippen molar-refractivity contribution in [3.63, 3.8) is 0 Å². The summed E-state index contributed by atoms with van der Waals surface area (Å²) in [5.41, 5.74) is 1.60. The average Bonchev–Trinajstić information content (AvgIpc) is 2.67. The molecule has 5 heteroatoms. The molecule has 1 N–H and O–H groups in total. The van der Waals surface area contributed by atoms with Crippen molar-refractivity contribution in [2.45, 2.75) is 6.54 Å². The van der Waals surface area contributed by atoms with Gasteiger partial charge in [-0.15, -0.1) is 0 Å². The minimum Gasteiger partial charge on any atom is -0.347 e. The predicted molar refractivity (Wildman–Crippen MR) is 68.5 cm³/mol. The van der Waals surface area contributed by atoms with Crippen molar-refractivity contribution in [1.29, 1.82) is 0 Å². The molecule has 0 radical (unpaired) electrons. The standard InChI is InChI=1S/C12H12BrN3O/c1-16-11(10(13)8-15-16)12(17)14-7-9-5-3-2-4-6-9/h2-6,8H,7H2,1H3,(H,14,17). The molecule has 0 fully saturated rings. The molecule has 0 atom stereocenters. The second-order valence-electron chi connectivity index (χ2n) is 3.63. The van der Waals surface area contributed by atoms with E-state index in [1.165, 1.54) is 0 Å². The molecule has 1 amide bonds. The number of halogens is 1. The highest BCUT2D eigenvalue weighted by atomic mass is 79.9. The number of benzene rings is 1. The zero-order chi connectivity index (χ0) is 12.3. The SMILES string of the molecule is Cn1ncc(Br)c1C(=O)NCc1ccccc1. The second kappa shape index (κ2) is 5.14. The van der Waals surface area contributed by atoms with Crippen molar-refractivity contribution in [2.75, 3.05) is 0 Å². The molecule has 17 heavy (non-hydrogen) atoms. The Morgan fingerprint density at radius 2 is 2.12 bits per heavy atom. The smallest absolute Gasteiger partial charge is 0.270 e. The number of hydrogen-bond acceptors (Lipinski definition) is 2. The average molecular weight is 294 g/mol. The van der Waals surface area contributed by atoms with Gasteiger partial charge in [-0.1, -0.05) is 30.3 Å². The zero-order valence-corrected chi connectivity index (χ0v) is 10.9. The lowest BCUT2D eigenvalue weighted by atomic mass is 10.2.